The second-order valence-electron chi connectivity index (χ2n) is 3.02. The van der Waals surface area contributed by atoms with Crippen LogP contribution in [0, 0.1) is 24.2 Å². The molecule has 1 unspecified atom stereocenters. The van der Waals surface area contributed by atoms with Gasteiger partial charge in [-0.2, -0.15) is 5.26 Å². The summed E-state index contributed by atoms with van der Waals surface area (Å²) in [6.45, 7) is 3.67. The van der Waals surface area contributed by atoms with Gasteiger partial charge in [-0.1, -0.05) is 18.5 Å². The summed E-state index contributed by atoms with van der Waals surface area (Å²) >= 11 is 7.25. The molecule has 0 aliphatic carbocycles. The Bertz CT molecular complexity index is 391. The average Bonchev–Trinajstić information content (AvgIpc) is 2.49. The second-order valence-corrected chi connectivity index (χ2v) is 4.27. The minimum Gasteiger partial charge on any atom is -0.292 e. The molecule has 0 aliphatic rings. The molecule has 0 spiro atoms. The Labute approximate surface area is 92.1 Å². The number of carbonyl (C=O) groups excluding carboxylic acids is 1. The van der Waals surface area contributed by atoms with Crippen LogP contribution in [0.25, 0.3) is 0 Å². The molecule has 4 heteroatoms. The molecule has 0 saturated heterocycles. The highest BCUT2D eigenvalue weighted by Crippen LogP contribution is 2.29. The van der Waals surface area contributed by atoms with Crippen molar-refractivity contribution in [2.45, 2.75) is 20.3 Å². The molecule has 0 radical (unpaired) electrons. The molecule has 1 aromatic rings. The van der Waals surface area contributed by atoms with Crippen LogP contribution in [0.4, 0.5) is 0 Å². The first-order valence-corrected chi connectivity index (χ1v) is 5.55. The van der Waals surface area contributed by atoms with E-state index in [2.05, 4.69) is 0 Å². The van der Waals surface area contributed by atoms with Gasteiger partial charge in [0.25, 0.3) is 0 Å². The first-order chi connectivity index (χ1) is 6.61. The number of halogens is 1. The van der Waals surface area contributed by atoms with Crippen LogP contribution < -0.4 is 0 Å². The van der Waals surface area contributed by atoms with Gasteiger partial charge in [-0.25, -0.2) is 0 Å². The van der Waals surface area contributed by atoms with Crippen molar-refractivity contribution in [2.75, 3.05) is 0 Å². The van der Waals surface area contributed by atoms with Crippen molar-refractivity contribution in [3.05, 3.63) is 20.8 Å². The number of nitriles is 1. The molecule has 0 amide bonds. The van der Waals surface area contributed by atoms with Crippen molar-refractivity contribution in [3.63, 3.8) is 0 Å². The highest BCUT2D eigenvalue weighted by molar-refractivity contribution is 7.13. The van der Waals surface area contributed by atoms with Crippen molar-refractivity contribution < 1.29 is 4.79 Å². The molecule has 74 valence electrons. The number of Topliss-reactive ketones (excluding diaryl/α,β-unsaturated/α-hetero) is 1. The quantitative estimate of drug-likeness (QED) is 0.743. The minimum atomic E-state index is -0.564. The predicted molar refractivity (Wildman–Crippen MR) is 57.8 cm³/mol. The van der Waals surface area contributed by atoms with E-state index in [0.717, 1.165) is 5.56 Å². The fourth-order valence-corrected chi connectivity index (χ4v) is 2.37. The van der Waals surface area contributed by atoms with Crippen LogP contribution in [0.5, 0.6) is 0 Å². The van der Waals surface area contributed by atoms with Gasteiger partial charge in [0, 0.05) is 0 Å². The molecule has 0 N–H and O–H groups in total. The molecule has 1 aromatic heterocycles. The zero-order chi connectivity index (χ0) is 10.7. The zero-order valence-electron chi connectivity index (χ0n) is 8.00. The summed E-state index contributed by atoms with van der Waals surface area (Å²) in [7, 11) is 0. The molecular weight excluding hydrogens is 218 g/mol. The summed E-state index contributed by atoms with van der Waals surface area (Å²) in [6.07, 6.45) is 0.530. The Morgan fingerprint density at radius 3 is 2.79 bits per heavy atom. The predicted octanol–water partition coefficient (Wildman–Crippen LogP) is 3.44. The van der Waals surface area contributed by atoms with E-state index in [1.165, 1.54) is 11.3 Å². The molecule has 2 nitrogen and oxygen atoms in total. The smallest absolute Gasteiger partial charge is 0.191 e. The normalized spacial score (nSPS) is 12.1. The van der Waals surface area contributed by atoms with Gasteiger partial charge in [-0.3, -0.25) is 4.79 Å². The van der Waals surface area contributed by atoms with Gasteiger partial charge in [0.1, 0.15) is 5.92 Å². The largest absolute Gasteiger partial charge is 0.292 e. The van der Waals surface area contributed by atoms with E-state index < -0.39 is 5.92 Å². The van der Waals surface area contributed by atoms with Crippen molar-refractivity contribution in [3.8, 4) is 6.07 Å². The van der Waals surface area contributed by atoms with Crippen LogP contribution in [0.3, 0.4) is 0 Å². The standard InChI is InChI=1S/C10H10ClNOS/c1-3-7(4-12)9(13)10-8(11)6(2)5-14-10/h5,7H,3H2,1-2H3. The zero-order valence-corrected chi connectivity index (χ0v) is 9.58. The maximum atomic E-state index is 11.7. The van der Waals surface area contributed by atoms with E-state index in [-0.39, 0.29) is 5.78 Å². The number of ketones is 1. The van der Waals surface area contributed by atoms with E-state index in [0.29, 0.717) is 16.3 Å². The van der Waals surface area contributed by atoms with E-state index in [1.54, 1.807) is 0 Å². The molecule has 1 heterocycles. The summed E-state index contributed by atoms with van der Waals surface area (Å²) < 4.78 is 0. The molecule has 0 aliphatic heterocycles. The van der Waals surface area contributed by atoms with Gasteiger partial charge < -0.3 is 0 Å². The van der Waals surface area contributed by atoms with Crippen molar-refractivity contribution in [2.24, 2.45) is 5.92 Å². The van der Waals surface area contributed by atoms with Crippen molar-refractivity contribution >= 4 is 28.7 Å². The lowest BCUT2D eigenvalue weighted by molar-refractivity contribution is 0.0951. The van der Waals surface area contributed by atoms with Gasteiger partial charge in [0.15, 0.2) is 5.78 Å². The summed E-state index contributed by atoms with van der Waals surface area (Å²) in [5.41, 5.74) is 0.896. The van der Waals surface area contributed by atoms with E-state index in [9.17, 15) is 4.79 Å². The minimum absolute atomic E-state index is 0.155. The third-order valence-electron chi connectivity index (χ3n) is 2.00. The maximum absolute atomic E-state index is 11.7. The number of rotatable bonds is 3. The lowest BCUT2D eigenvalue weighted by Crippen LogP contribution is -2.10. The van der Waals surface area contributed by atoms with E-state index in [4.69, 9.17) is 16.9 Å². The van der Waals surface area contributed by atoms with Gasteiger partial charge in [0.05, 0.1) is 16.0 Å². The topological polar surface area (TPSA) is 40.9 Å². The Balaban J connectivity index is 3.01. The molecule has 0 fully saturated rings. The number of thiophene rings is 1. The van der Waals surface area contributed by atoms with Gasteiger partial charge in [-0.05, 0) is 24.3 Å². The van der Waals surface area contributed by atoms with Crippen LogP contribution in [0.15, 0.2) is 5.38 Å². The van der Waals surface area contributed by atoms with Gasteiger partial charge in [-0.15, -0.1) is 11.3 Å². The van der Waals surface area contributed by atoms with Crippen LogP contribution in [-0.2, 0) is 0 Å². The molecule has 14 heavy (non-hydrogen) atoms. The monoisotopic (exact) mass is 227 g/mol. The highest BCUT2D eigenvalue weighted by Gasteiger charge is 2.22. The second kappa shape index (κ2) is 4.59. The summed E-state index contributed by atoms with van der Waals surface area (Å²) in [5, 5.41) is 11.1. The summed E-state index contributed by atoms with van der Waals surface area (Å²) in [5.74, 6) is -0.719. The number of carbonyl (C=O) groups is 1. The third-order valence-corrected chi connectivity index (χ3v) is 3.72. The van der Waals surface area contributed by atoms with Crippen LogP contribution in [0.2, 0.25) is 5.02 Å². The Morgan fingerprint density at radius 2 is 2.43 bits per heavy atom. The summed E-state index contributed by atoms with van der Waals surface area (Å²) in [4.78, 5) is 12.3. The summed E-state index contributed by atoms with van der Waals surface area (Å²) in [6, 6.07) is 1.98. The lowest BCUT2D eigenvalue weighted by Gasteiger charge is -2.02. The van der Waals surface area contributed by atoms with E-state index in [1.807, 2.05) is 25.3 Å². The number of hydrogen-bond donors (Lipinski definition) is 0. The average molecular weight is 228 g/mol. The molecular formula is C10H10ClNOS. The first-order valence-electron chi connectivity index (χ1n) is 4.29. The Morgan fingerprint density at radius 1 is 1.79 bits per heavy atom. The van der Waals surface area contributed by atoms with Gasteiger partial charge in [0.2, 0.25) is 0 Å². The molecule has 0 bridgehead atoms. The highest BCUT2D eigenvalue weighted by atomic mass is 35.5. The molecule has 1 rings (SSSR count). The molecule has 0 aromatic carbocycles. The maximum Gasteiger partial charge on any atom is 0.191 e. The fraction of sp³-hybridized carbons (Fsp3) is 0.400. The SMILES string of the molecule is CCC(C#N)C(=O)c1scc(C)c1Cl. The number of hydrogen-bond acceptors (Lipinski definition) is 3. The first kappa shape index (κ1) is 11.2. The van der Waals surface area contributed by atoms with Gasteiger partial charge >= 0.3 is 0 Å². The van der Waals surface area contributed by atoms with Crippen molar-refractivity contribution in [1.29, 1.82) is 5.26 Å². The van der Waals surface area contributed by atoms with Crippen LogP contribution >= 0.6 is 22.9 Å². The Kier molecular flexibility index (Phi) is 3.68. The third kappa shape index (κ3) is 1.97. The molecule has 0 saturated carbocycles. The lowest BCUT2D eigenvalue weighted by atomic mass is 10.0. The molecule has 1 atom stereocenters. The Hall–Kier alpha value is -0.850. The number of aryl methyl sites for hydroxylation is 1. The van der Waals surface area contributed by atoms with E-state index >= 15 is 0 Å². The fourth-order valence-electron chi connectivity index (χ4n) is 1.09. The van der Waals surface area contributed by atoms with Crippen LogP contribution in [-0.4, -0.2) is 5.78 Å². The van der Waals surface area contributed by atoms with Crippen LogP contribution in [0.1, 0.15) is 28.6 Å². The number of nitrogens with zero attached hydrogens (tertiary/aromatic N) is 1. The van der Waals surface area contributed by atoms with Crippen molar-refractivity contribution in [1.82, 2.24) is 0 Å².